The average Bonchev–Trinajstić information content (AvgIpc) is 2.79. The van der Waals surface area contributed by atoms with Gasteiger partial charge in [-0.15, -0.1) is 0 Å². The molecule has 0 spiro atoms. The van der Waals surface area contributed by atoms with Crippen LogP contribution in [0.4, 0.5) is 8.78 Å². The number of halogens is 2. The predicted molar refractivity (Wildman–Crippen MR) is 69.7 cm³/mol. The number of hydrogen-bond donors (Lipinski definition) is 3. The van der Waals surface area contributed by atoms with Gasteiger partial charge in [0.1, 0.15) is 5.84 Å². The lowest BCUT2D eigenvalue weighted by Gasteiger charge is -2.29. The molecule has 1 aliphatic carbocycles. The molecule has 1 saturated heterocycles. The van der Waals surface area contributed by atoms with Crippen molar-refractivity contribution in [3.63, 3.8) is 0 Å². The Hall–Kier alpha value is -1.66. The Kier molecular flexibility index (Phi) is 3.96. The number of likely N-dealkylation sites (tertiary alicyclic amines) is 1. The van der Waals surface area contributed by atoms with E-state index in [2.05, 4.69) is 0 Å². The van der Waals surface area contributed by atoms with Crippen LogP contribution in [-0.2, 0) is 4.79 Å². The Morgan fingerprint density at radius 2 is 2.25 bits per heavy atom. The maximum Gasteiger partial charge on any atom is 0.303 e. The maximum absolute atomic E-state index is 13.6. The minimum atomic E-state index is -3.03. The normalized spacial score (nSPS) is 25.9. The van der Waals surface area contributed by atoms with Gasteiger partial charge in [-0.2, -0.15) is 8.78 Å². The smallest absolute Gasteiger partial charge is 0.303 e. The second kappa shape index (κ2) is 5.38. The monoisotopic (exact) mass is 287 g/mol. The van der Waals surface area contributed by atoms with Crippen molar-refractivity contribution in [3.05, 3.63) is 11.3 Å². The number of carbonyl (C=O) groups is 1. The van der Waals surface area contributed by atoms with Crippen molar-refractivity contribution in [1.29, 1.82) is 5.41 Å². The summed E-state index contributed by atoms with van der Waals surface area (Å²) in [5.41, 5.74) is 5.24. The van der Waals surface area contributed by atoms with E-state index >= 15 is 0 Å². The number of hydrogen-bond acceptors (Lipinski definition) is 3. The summed E-state index contributed by atoms with van der Waals surface area (Å²) in [5.74, 6) is -3.89. The molecule has 7 heteroatoms. The van der Waals surface area contributed by atoms with Crippen LogP contribution in [0.2, 0.25) is 0 Å². The van der Waals surface area contributed by atoms with E-state index in [1.54, 1.807) is 4.90 Å². The van der Waals surface area contributed by atoms with Crippen molar-refractivity contribution in [1.82, 2.24) is 4.90 Å². The van der Waals surface area contributed by atoms with Crippen LogP contribution in [0, 0.1) is 11.3 Å². The Labute approximate surface area is 115 Å². The van der Waals surface area contributed by atoms with Gasteiger partial charge >= 0.3 is 5.97 Å². The Morgan fingerprint density at radius 1 is 1.55 bits per heavy atom. The number of aliphatic carboxylic acids is 1. The van der Waals surface area contributed by atoms with Gasteiger partial charge in [0.2, 0.25) is 0 Å². The van der Waals surface area contributed by atoms with Gasteiger partial charge in [0.25, 0.3) is 5.92 Å². The Bertz CT molecular complexity index is 463. The molecule has 20 heavy (non-hydrogen) atoms. The summed E-state index contributed by atoms with van der Waals surface area (Å²) in [6.07, 6.45) is 1.15. The number of amidine groups is 1. The van der Waals surface area contributed by atoms with Crippen LogP contribution in [0.1, 0.15) is 32.1 Å². The van der Waals surface area contributed by atoms with E-state index in [1.807, 2.05) is 0 Å². The molecular formula is C13H19F2N3O2. The first-order chi connectivity index (χ1) is 9.31. The molecular weight excluding hydrogens is 268 g/mol. The molecule has 0 aromatic rings. The van der Waals surface area contributed by atoms with Crippen LogP contribution in [0.5, 0.6) is 0 Å². The number of nitrogens with two attached hydrogens (primary N) is 1. The average molecular weight is 287 g/mol. The first-order valence-electron chi connectivity index (χ1n) is 6.74. The highest BCUT2D eigenvalue weighted by Gasteiger charge is 2.39. The van der Waals surface area contributed by atoms with E-state index in [4.69, 9.17) is 16.2 Å². The molecule has 1 heterocycles. The second-order valence-electron chi connectivity index (χ2n) is 5.50. The van der Waals surface area contributed by atoms with Crippen LogP contribution >= 0.6 is 0 Å². The molecule has 2 aliphatic rings. The first-order valence-corrected chi connectivity index (χ1v) is 6.74. The molecule has 1 fully saturated rings. The van der Waals surface area contributed by atoms with E-state index in [0.717, 1.165) is 0 Å². The number of allylic oxidation sites excluding steroid dienone is 1. The fraction of sp³-hybridized carbons (Fsp3) is 0.692. The van der Waals surface area contributed by atoms with Crippen molar-refractivity contribution in [2.45, 2.75) is 38.0 Å². The van der Waals surface area contributed by atoms with Crippen molar-refractivity contribution in [2.75, 3.05) is 13.1 Å². The molecule has 0 amide bonds. The number of carboxylic acid groups (broad SMARTS) is 1. The van der Waals surface area contributed by atoms with E-state index in [0.29, 0.717) is 32.4 Å². The zero-order valence-electron chi connectivity index (χ0n) is 11.2. The summed E-state index contributed by atoms with van der Waals surface area (Å²) >= 11 is 0. The quantitative estimate of drug-likeness (QED) is 0.545. The van der Waals surface area contributed by atoms with E-state index < -0.39 is 17.6 Å². The molecule has 1 atom stereocenters. The molecule has 1 aliphatic heterocycles. The third-order valence-electron chi connectivity index (χ3n) is 3.99. The molecule has 0 aromatic carbocycles. The minimum Gasteiger partial charge on any atom is -0.481 e. The fourth-order valence-corrected chi connectivity index (χ4v) is 2.86. The van der Waals surface area contributed by atoms with Crippen LogP contribution in [0.25, 0.3) is 0 Å². The molecule has 0 saturated carbocycles. The third kappa shape index (κ3) is 2.91. The molecule has 0 aromatic heterocycles. The molecule has 4 N–H and O–H groups in total. The SMILES string of the molecule is N=C(C1=C(N)C(F)(F)CCC1)N1CC[C@@H](CC(=O)O)C1. The molecule has 0 radical (unpaired) electrons. The second-order valence-corrected chi connectivity index (χ2v) is 5.50. The standard InChI is InChI=1S/C13H19F2N3O2/c14-13(15)4-1-2-9(11(13)16)12(17)18-5-3-8(7-18)6-10(19)20/h8,17H,1-7,16H2,(H,19,20)/t8-/m0/s1. The van der Waals surface area contributed by atoms with Gasteiger partial charge in [-0.05, 0) is 25.2 Å². The minimum absolute atomic E-state index is 0.0289. The summed E-state index contributed by atoms with van der Waals surface area (Å²) in [6, 6.07) is 0. The predicted octanol–water partition coefficient (Wildman–Crippen LogP) is 1.79. The third-order valence-corrected chi connectivity index (χ3v) is 3.99. The van der Waals surface area contributed by atoms with Gasteiger partial charge in [-0.1, -0.05) is 0 Å². The summed E-state index contributed by atoms with van der Waals surface area (Å²) in [7, 11) is 0. The number of nitrogens with zero attached hydrogens (tertiary/aromatic N) is 1. The van der Waals surface area contributed by atoms with E-state index in [1.165, 1.54) is 0 Å². The van der Waals surface area contributed by atoms with Crippen molar-refractivity contribution >= 4 is 11.8 Å². The largest absolute Gasteiger partial charge is 0.481 e. The summed E-state index contributed by atoms with van der Waals surface area (Å²) in [5, 5.41) is 16.8. The van der Waals surface area contributed by atoms with Gasteiger partial charge in [0.05, 0.1) is 5.70 Å². The van der Waals surface area contributed by atoms with Crippen molar-refractivity contribution in [2.24, 2.45) is 11.7 Å². The fourth-order valence-electron chi connectivity index (χ4n) is 2.86. The zero-order valence-corrected chi connectivity index (χ0v) is 11.2. The topological polar surface area (TPSA) is 90.4 Å². The van der Waals surface area contributed by atoms with Crippen LogP contribution in [-0.4, -0.2) is 40.8 Å². The summed E-state index contributed by atoms with van der Waals surface area (Å²) in [6.45, 7) is 0.951. The van der Waals surface area contributed by atoms with Gasteiger partial charge in [0.15, 0.2) is 0 Å². The highest BCUT2D eigenvalue weighted by molar-refractivity contribution is 5.97. The highest BCUT2D eigenvalue weighted by atomic mass is 19.3. The molecule has 5 nitrogen and oxygen atoms in total. The number of alkyl halides is 2. The summed E-state index contributed by atoms with van der Waals surface area (Å²) < 4.78 is 27.1. The van der Waals surface area contributed by atoms with E-state index in [-0.39, 0.29) is 30.2 Å². The molecule has 0 unspecified atom stereocenters. The van der Waals surface area contributed by atoms with E-state index in [9.17, 15) is 13.6 Å². The van der Waals surface area contributed by atoms with Crippen LogP contribution in [0.3, 0.4) is 0 Å². The Morgan fingerprint density at radius 3 is 2.90 bits per heavy atom. The lowest BCUT2D eigenvalue weighted by atomic mass is 9.92. The lowest BCUT2D eigenvalue weighted by Crippen LogP contribution is -2.37. The van der Waals surface area contributed by atoms with Crippen molar-refractivity contribution in [3.8, 4) is 0 Å². The molecule has 0 bridgehead atoms. The summed E-state index contributed by atoms with van der Waals surface area (Å²) in [4.78, 5) is 12.3. The van der Waals surface area contributed by atoms with Gasteiger partial charge in [-0.25, -0.2) is 0 Å². The number of nitrogens with one attached hydrogen (secondary N) is 1. The first kappa shape index (κ1) is 14.7. The Balaban J connectivity index is 2.07. The zero-order chi connectivity index (χ0) is 14.9. The van der Waals surface area contributed by atoms with Gasteiger partial charge in [-0.3, -0.25) is 10.2 Å². The molecule has 112 valence electrons. The lowest BCUT2D eigenvalue weighted by molar-refractivity contribution is -0.137. The maximum atomic E-state index is 13.6. The molecule has 2 rings (SSSR count). The van der Waals surface area contributed by atoms with Crippen LogP contribution < -0.4 is 5.73 Å². The van der Waals surface area contributed by atoms with Gasteiger partial charge < -0.3 is 15.7 Å². The number of rotatable bonds is 3. The highest BCUT2D eigenvalue weighted by Crippen LogP contribution is 2.36. The van der Waals surface area contributed by atoms with Gasteiger partial charge in [0, 0.05) is 31.5 Å². The van der Waals surface area contributed by atoms with Crippen LogP contribution in [0.15, 0.2) is 11.3 Å². The number of carboxylic acids is 1. The van der Waals surface area contributed by atoms with Crippen molar-refractivity contribution < 1.29 is 18.7 Å².